The van der Waals surface area contributed by atoms with Crippen molar-refractivity contribution in [3.05, 3.63) is 85.7 Å². The molecule has 3 aromatic rings. The van der Waals surface area contributed by atoms with Crippen LogP contribution in [-0.2, 0) is 20.0 Å². The number of halogens is 12. The molecule has 198 valence electrons. The van der Waals surface area contributed by atoms with Crippen molar-refractivity contribution in [1.82, 2.24) is 0 Å². The van der Waals surface area contributed by atoms with E-state index in [1.807, 2.05) is 0 Å². The lowest BCUT2D eigenvalue weighted by Crippen LogP contribution is -2.59. The second-order valence-electron chi connectivity index (χ2n) is 8.21. The molecule has 0 amide bonds. The fourth-order valence-electron chi connectivity index (χ4n) is 4.46. The highest BCUT2D eigenvalue weighted by atomic mass is 19.2. The topological polar surface area (TPSA) is 0 Å². The lowest BCUT2D eigenvalue weighted by Gasteiger charge is -2.26. The van der Waals surface area contributed by atoms with Crippen LogP contribution in [0, 0.1) is 73.1 Å². The maximum atomic E-state index is 15.2. The lowest BCUT2D eigenvalue weighted by molar-refractivity contribution is 0.414. The molecular formula is C24H15BF12. The standard InChI is InChI=1S/C24H15BF12/c1-7-10(4-26)16(29)22(35)19(32)13(7)25(14-8(2)11(5-27)17(30)23(36)20(14)33)15-9(3)12(6-28)18(31)24(37)21(15)34/h4-6H2,1-3H3. The van der Waals surface area contributed by atoms with Crippen LogP contribution in [-0.4, -0.2) is 6.71 Å². The molecule has 0 radical (unpaired) electrons. The van der Waals surface area contributed by atoms with Crippen LogP contribution in [0.5, 0.6) is 0 Å². The van der Waals surface area contributed by atoms with Crippen molar-refractivity contribution < 1.29 is 52.7 Å². The van der Waals surface area contributed by atoms with Crippen molar-refractivity contribution in [2.75, 3.05) is 0 Å². The lowest BCUT2D eigenvalue weighted by atomic mass is 9.34. The van der Waals surface area contributed by atoms with Gasteiger partial charge in [0.05, 0.1) is 0 Å². The molecule has 0 heterocycles. The zero-order valence-electron chi connectivity index (χ0n) is 19.2. The Morgan fingerprint density at radius 2 is 0.595 bits per heavy atom. The summed E-state index contributed by atoms with van der Waals surface area (Å²) in [7, 11) is 0. The van der Waals surface area contributed by atoms with Gasteiger partial charge in [-0.15, -0.1) is 0 Å². The van der Waals surface area contributed by atoms with Gasteiger partial charge in [-0.3, -0.25) is 0 Å². The summed E-state index contributed by atoms with van der Waals surface area (Å²) in [4.78, 5) is 0. The molecule has 37 heavy (non-hydrogen) atoms. The molecule has 0 aliphatic carbocycles. The minimum Gasteiger partial charge on any atom is -0.246 e. The average Bonchev–Trinajstić information content (AvgIpc) is 2.86. The van der Waals surface area contributed by atoms with E-state index in [-0.39, 0.29) is 0 Å². The van der Waals surface area contributed by atoms with E-state index in [4.69, 9.17) is 0 Å². The maximum Gasteiger partial charge on any atom is 0.254 e. The summed E-state index contributed by atoms with van der Waals surface area (Å²) in [6.07, 6.45) is 0. The summed E-state index contributed by atoms with van der Waals surface area (Å²) in [5, 5.41) is 0. The Hall–Kier alpha value is -3.12. The van der Waals surface area contributed by atoms with Gasteiger partial charge in [0, 0.05) is 16.7 Å². The first-order valence-corrected chi connectivity index (χ1v) is 10.4. The smallest absolute Gasteiger partial charge is 0.246 e. The first-order valence-electron chi connectivity index (χ1n) is 10.4. The van der Waals surface area contributed by atoms with Crippen LogP contribution in [0.15, 0.2) is 0 Å². The molecule has 0 N–H and O–H groups in total. The van der Waals surface area contributed by atoms with Gasteiger partial charge in [0.2, 0.25) is 0 Å². The molecule has 0 fully saturated rings. The fraction of sp³-hybridized carbons (Fsp3) is 0.250. The molecule has 0 atom stereocenters. The molecule has 0 saturated heterocycles. The summed E-state index contributed by atoms with van der Waals surface area (Å²) < 4.78 is 173. The van der Waals surface area contributed by atoms with E-state index >= 15 is 13.2 Å². The van der Waals surface area contributed by atoms with Gasteiger partial charge in [-0.1, -0.05) is 0 Å². The molecule has 0 unspecified atom stereocenters. The number of hydrogen-bond acceptors (Lipinski definition) is 0. The Kier molecular flexibility index (Phi) is 7.95. The summed E-state index contributed by atoms with van der Waals surface area (Å²) in [5.41, 5.74) is -9.71. The van der Waals surface area contributed by atoms with Gasteiger partial charge in [-0.25, -0.2) is 52.7 Å². The van der Waals surface area contributed by atoms with Gasteiger partial charge in [-0.2, -0.15) is 0 Å². The van der Waals surface area contributed by atoms with E-state index in [9.17, 15) is 39.5 Å². The van der Waals surface area contributed by atoms with Crippen molar-refractivity contribution in [3.8, 4) is 0 Å². The van der Waals surface area contributed by atoms with E-state index in [0.717, 1.165) is 20.8 Å². The Balaban J connectivity index is 2.71. The minimum absolute atomic E-state index is 0.787. The highest BCUT2D eigenvalue weighted by Crippen LogP contribution is 2.26. The molecule has 0 bridgehead atoms. The van der Waals surface area contributed by atoms with Crippen LogP contribution in [0.1, 0.15) is 33.4 Å². The predicted molar refractivity (Wildman–Crippen MR) is 112 cm³/mol. The third kappa shape index (κ3) is 4.16. The van der Waals surface area contributed by atoms with Gasteiger partial charge < -0.3 is 0 Å². The molecule has 3 aromatic carbocycles. The summed E-state index contributed by atoms with van der Waals surface area (Å²) in [6.45, 7) is -5.59. The van der Waals surface area contributed by atoms with Crippen molar-refractivity contribution in [2.24, 2.45) is 0 Å². The molecule has 0 aliphatic rings. The fourth-order valence-corrected chi connectivity index (χ4v) is 4.46. The average molecular weight is 542 g/mol. The zero-order valence-corrected chi connectivity index (χ0v) is 19.2. The minimum atomic E-state index is -2.61. The first kappa shape index (κ1) is 28.5. The third-order valence-corrected chi connectivity index (χ3v) is 6.50. The number of hydrogen-bond donors (Lipinski definition) is 0. The second kappa shape index (κ2) is 10.3. The van der Waals surface area contributed by atoms with Gasteiger partial charge in [0.1, 0.15) is 20.0 Å². The second-order valence-corrected chi connectivity index (χ2v) is 8.21. The SMILES string of the molecule is Cc1c(CF)c(F)c(F)c(F)c1B(c1c(C)c(CF)c(F)c(F)c1F)c1c(C)c(CF)c(F)c(F)c1F. The number of rotatable bonds is 6. The zero-order chi connectivity index (χ0) is 28.1. The van der Waals surface area contributed by atoms with Crippen molar-refractivity contribution in [3.63, 3.8) is 0 Å². The van der Waals surface area contributed by atoms with Crippen LogP contribution in [0.3, 0.4) is 0 Å². The predicted octanol–water partition coefficient (Wildman–Crippen LogP) is 5.79. The van der Waals surface area contributed by atoms with Gasteiger partial charge in [-0.05, 0) is 53.8 Å². The van der Waals surface area contributed by atoms with Crippen LogP contribution >= 0.6 is 0 Å². The summed E-state index contributed by atoms with van der Waals surface area (Å²) in [5.74, 6) is -19.6. The molecule has 0 saturated carbocycles. The van der Waals surface area contributed by atoms with Crippen molar-refractivity contribution in [2.45, 2.75) is 40.8 Å². The van der Waals surface area contributed by atoms with Gasteiger partial charge >= 0.3 is 0 Å². The molecule has 0 spiro atoms. The van der Waals surface area contributed by atoms with Crippen molar-refractivity contribution in [1.29, 1.82) is 0 Å². The highest BCUT2D eigenvalue weighted by Gasteiger charge is 2.41. The highest BCUT2D eigenvalue weighted by molar-refractivity contribution is 6.96. The normalized spacial score (nSPS) is 11.4. The monoisotopic (exact) mass is 542 g/mol. The molecule has 13 heteroatoms. The molecule has 0 aromatic heterocycles. The third-order valence-electron chi connectivity index (χ3n) is 6.50. The number of benzene rings is 3. The molecule has 0 nitrogen and oxygen atoms in total. The number of alkyl halides is 3. The van der Waals surface area contributed by atoms with Crippen LogP contribution < -0.4 is 16.4 Å². The van der Waals surface area contributed by atoms with E-state index in [1.54, 1.807) is 0 Å². The Labute approximate surface area is 203 Å². The summed E-state index contributed by atoms with van der Waals surface area (Å²) >= 11 is 0. The summed E-state index contributed by atoms with van der Waals surface area (Å²) in [6, 6.07) is 0. The van der Waals surface area contributed by atoms with Crippen molar-refractivity contribution >= 4 is 23.1 Å². The van der Waals surface area contributed by atoms with Crippen LogP contribution in [0.4, 0.5) is 52.7 Å². The molecule has 0 aliphatic heterocycles. The van der Waals surface area contributed by atoms with Crippen LogP contribution in [0.25, 0.3) is 0 Å². The molecular weight excluding hydrogens is 527 g/mol. The van der Waals surface area contributed by atoms with Gasteiger partial charge in [0.25, 0.3) is 6.71 Å². The largest absolute Gasteiger partial charge is 0.254 e. The Bertz CT molecular complexity index is 1250. The van der Waals surface area contributed by atoms with E-state index < -0.39 is 129 Å². The van der Waals surface area contributed by atoms with E-state index in [2.05, 4.69) is 0 Å². The molecule has 3 rings (SSSR count). The quantitative estimate of drug-likeness (QED) is 0.210. The Morgan fingerprint density at radius 3 is 0.784 bits per heavy atom. The van der Waals surface area contributed by atoms with E-state index in [0.29, 0.717) is 0 Å². The van der Waals surface area contributed by atoms with E-state index in [1.165, 1.54) is 0 Å². The maximum absolute atomic E-state index is 15.2. The van der Waals surface area contributed by atoms with Gasteiger partial charge in [0.15, 0.2) is 52.4 Å². The first-order chi connectivity index (χ1) is 17.3. The Morgan fingerprint density at radius 1 is 0.378 bits per heavy atom. The van der Waals surface area contributed by atoms with Crippen LogP contribution in [0.2, 0.25) is 0 Å².